The topological polar surface area (TPSA) is 45.9 Å². The lowest BCUT2D eigenvalue weighted by molar-refractivity contribution is 0.0454. The lowest BCUT2D eigenvalue weighted by Crippen LogP contribution is -2.30. The number of ether oxygens (including phenoxy) is 1. The molecule has 0 N–H and O–H groups in total. The first-order valence-electron chi connectivity index (χ1n) is 4.42. The average Bonchev–Trinajstić information content (AvgIpc) is 2.12. The third-order valence-corrected chi connectivity index (χ3v) is 3.15. The van der Waals surface area contributed by atoms with Gasteiger partial charge in [-0.2, -0.15) is 5.26 Å². The highest BCUT2D eigenvalue weighted by molar-refractivity contribution is 8.00. The highest BCUT2D eigenvalue weighted by atomic mass is 32.2. The lowest BCUT2D eigenvalue weighted by atomic mass is 10.3. The van der Waals surface area contributed by atoms with E-state index in [1.807, 2.05) is 19.1 Å². The molecule has 2 heterocycles. The fourth-order valence-electron chi connectivity index (χ4n) is 1.15. The third kappa shape index (κ3) is 1.89. The Morgan fingerprint density at radius 1 is 1.57 bits per heavy atom. The summed E-state index contributed by atoms with van der Waals surface area (Å²) in [4.78, 5) is 4.35. The average molecular weight is 206 g/mol. The zero-order valence-corrected chi connectivity index (χ0v) is 8.67. The maximum Gasteiger partial charge on any atom is 0.115 e. The Kier molecular flexibility index (Phi) is 2.71. The Labute approximate surface area is 87.1 Å². The molecule has 4 heteroatoms. The molecule has 3 nitrogen and oxygen atoms in total. The fourth-order valence-corrected chi connectivity index (χ4v) is 2.23. The van der Waals surface area contributed by atoms with Gasteiger partial charge in [-0.3, -0.25) is 0 Å². The Morgan fingerprint density at radius 2 is 2.36 bits per heavy atom. The van der Waals surface area contributed by atoms with Gasteiger partial charge in [0.1, 0.15) is 11.1 Å². The predicted octanol–water partition coefficient (Wildman–Crippen LogP) is 1.75. The molecule has 0 aromatic carbocycles. The van der Waals surface area contributed by atoms with Crippen LogP contribution in [0.25, 0.3) is 0 Å². The number of hydrogen-bond donors (Lipinski definition) is 0. The van der Waals surface area contributed by atoms with Crippen molar-refractivity contribution in [1.82, 2.24) is 4.98 Å². The summed E-state index contributed by atoms with van der Waals surface area (Å²) < 4.78 is 5.08. The minimum absolute atomic E-state index is 0.469. The van der Waals surface area contributed by atoms with Crippen LogP contribution in [0.2, 0.25) is 0 Å². The molecule has 2 rings (SSSR count). The van der Waals surface area contributed by atoms with Crippen LogP contribution in [0.3, 0.4) is 0 Å². The molecule has 0 atom stereocenters. The first kappa shape index (κ1) is 9.50. The third-order valence-electron chi connectivity index (χ3n) is 2.01. The van der Waals surface area contributed by atoms with Crippen LogP contribution >= 0.6 is 11.8 Å². The lowest BCUT2D eigenvalue weighted by Gasteiger charge is -2.24. The molecular weight excluding hydrogens is 196 g/mol. The minimum Gasteiger partial charge on any atom is -0.379 e. The number of pyridine rings is 1. The van der Waals surface area contributed by atoms with Gasteiger partial charge in [-0.25, -0.2) is 4.98 Å². The van der Waals surface area contributed by atoms with Crippen LogP contribution in [0.15, 0.2) is 17.2 Å². The van der Waals surface area contributed by atoms with E-state index in [9.17, 15) is 0 Å². The van der Waals surface area contributed by atoms with Crippen LogP contribution in [0.5, 0.6) is 0 Å². The second kappa shape index (κ2) is 3.99. The number of nitriles is 1. The number of aromatic nitrogens is 1. The minimum atomic E-state index is 0.469. The molecule has 0 radical (unpaired) electrons. The monoisotopic (exact) mass is 206 g/mol. The van der Waals surface area contributed by atoms with E-state index in [-0.39, 0.29) is 0 Å². The van der Waals surface area contributed by atoms with Gasteiger partial charge in [-0.1, -0.05) is 11.8 Å². The van der Waals surface area contributed by atoms with Gasteiger partial charge in [0.15, 0.2) is 0 Å². The second-order valence-electron chi connectivity index (χ2n) is 3.19. The fraction of sp³-hybridized carbons (Fsp3) is 0.400. The Balaban J connectivity index is 2.21. The summed E-state index contributed by atoms with van der Waals surface area (Å²) in [6.45, 7) is 3.47. The van der Waals surface area contributed by atoms with Crippen molar-refractivity contribution in [3.63, 3.8) is 0 Å². The standard InChI is InChI=1S/C10H10N2OS/c1-7-2-3-8(4-11)10(12-7)14-9-5-13-6-9/h2-3,9H,5-6H2,1H3. The zero-order chi connectivity index (χ0) is 9.97. The van der Waals surface area contributed by atoms with E-state index in [4.69, 9.17) is 10.00 Å². The van der Waals surface area contributed by atoms with E-state index < -0.39 is 0 Å². The molecule has 1 aliphatic heterocycles. The van der Waals surface area contributed by atoms with Gasteiger partial charge in [0.25, 0.3) is 0 Å². The van der Waals surface area contributed by atoms with Gasteiger partial charge in [0.2, 0.25) is 0 Å². The number of aryl methyl sites for hydroxylation is 1. The van der Waals surface area contributed by atoms with Crippen LogP contribution in [0.4, 0.5) is 0 Å². The second-order valence-corrected chi connectivity index (χ2v) is 4.48. The SMILES string of the molecule is Cc1ccc(C#N)c(SC2COC2)n1. The maximum atomic E-state index is 8.88. The van der Waals surface area contributed by atoms with E-state index in [1.165, 1.54) is 0 Å². The van der Waals surface area contributed by atoms with Gasteiger partial charge in [0, 0.05) is 5.69 Å². The van der Waals surface area contributed by atoms with Gasteiger partial charge >= 0.3 is 0 Å². The highest BCUT2D eigenvalue weighted by Gasteiger charge is 2.21. The molecule has 0 bridgehead atoms. The van der Waals surface area contributed by atoms with Crippen molar-refractivity contribution < 1.29 is 4.74 Å². The molecule has 1 aromatic heterocycles. The van der Waals surface area contributed by atoms with E-state index in [2.05, 4.69) is 11.1 Å². The van der Waals surface area contributed by atoms with E-state index in [1.54, 1.807) is 11.8 Å². The van der Waals surface area contributed by atoms with Crippen molar-refractivity contribution in [2.24, 2.45) is 0 Å². The molecule has 0 aliphatic carbocycles. The van der Waals surface area contributed by atoms with E-state index in [0.717, 1.165) is 23.9 Å². The van der Waals surface area contributed by atoms with Crippen molar-refractivity contribution in [3.8, 4) is 6.07 Å². The van der Waals surface area contributed by atoms with Crippen molar-refractivity contribution in [3.05, 3.63) is 23.4 Å². The van der Waals surface area contributed by atoms with Crippen LogP contribution in [0, 0.1) is 18.3 Å². The molecular formula is C10H10N2OS. The predicted molar refractivity (Wildman–Crippen MR) is 54.2 cm³/mol. The van der Waals surface area contributed by atoms with E-state index in [0.29, 0.717) is 10.8 Å². The smallest absolute Gasteiger partial charge is 0.115 e. The molecule has 72 valence electrons. The Bertz CT molecular complexity index is 382. The van der Waals surface area contributed by atoms with Crippen LogP contribution in [-0.4, -0.2) is 23.4 Å². The van der Waals surface area contributed by atoms with Crippen molar-refractivity contribution in [2.45, 2.75) is 17.2 Å². The summed E-state index contributed by atoms with van der Waals surface area (Å²) in [7, 11) is 0. The normalized spacial score (nSPS) is 16.0. The number of thioether (sulfide) groups is 1. The zero-order valence-electron chi connectivity index (χ0n) is 7.86. The number of nitrogens with zero attached hydrogens (tertiary/aromatic N) is 2. The summed E-state index contributed by atoms with van der Waals surface area (Å²) in [5, 5.41) is 10.2. The molecule has 1 aliphatic rings. The summed E-state index contributed by atoms with van der Waals surface area (Å²) in [6, 6.07) is 5.84. The van der Waals surface area contributed by atoms with Crippen LogP contribution < -0.4 is 0 Å². The molecule has 1 fully saturated rings. The summed E-state index contributed by atoms with van der Waals surface area (Å²) in [5.41, 5.74) is 1.61. The van der Waals surface area contributed by atoms with Crippen molar-refractivity contribution in [2.75, 3.05) is 13.2 Å². The van der Waals surface area contributed by atoms with Gasteiger partial charge in [-0.15, -0.1) is 0 Å². The molecule has 14 heavy (non-hydrogen) atoms. The molecule has 0 spiro atoms. The molecule has 0 amide bonds. The van der Waals surface area contributed by atoms with Crippen LogP contribution in [0.1, 0.15) is 11.3 Å². The molecule has 1 aromatic rings. The number of rotatable bonds is 2. The highest BCUT2D eigenvalue weighted by Crippen LogP contribution is 2.28. The van der Waals surface area contributed by atoms with Gasteiger partial charge in [0.05, 0.1) is 24.0 Å². The summed E-state index contributed by atoms with van der Waals surface area (Å²) >= 11 is 1.64. The van der Waals surface area contributed by atoms with Gasteiger partial charge in [-0.05, 0) is 19.1 Å². The first-order chi connectivity index (χ1) is 6.79. The van der Waals surface area contributed by atoms with Gasteiger partial charge < -0.3 is 4.74 Å². The number of hydrogen-bond acceptors (Lipinski definition) is 4. The van der Waals surface area contributed by atoms with Crippen molar-refractivity contribution >= 4 is 11.8 Å². The summed E-state index contributed by atoms with van der Waals surface area (Å²) in [5.74, 6) is 0. The maximum absolute atomic E-state index is 8.88. The Morgan fingerprint density at radius 3 is 2.93 bits per heavy atom. The first-order valence-corrected chi connectivity index (χ1v) is 5.29. The van der Waals surface area contributed by atoms with Crippen LogP contribution in [-0.2, 0) is 4.74 Å². The molecule has 1 saturated heterocycles. The quantitative estimate of drug-likeness (QED) is 0.739. The van der Waals surface area contributed by atoms with Crippen molar-refractivity contribution in [1.29, 1.82) is 5.26 Å². The molecule has 0 saturated carbocycles. The van der Waals surface area contributed by atoms with E-state index >= 15 is 0 Å². The largest absolute Gasteiger partial charge is 0.379 e. The molecule has 0 unspecified atom stereocenters. The Hall–Kier alpha value is -1.05. The summed E-state index contributed by atoms with van der Waals surface area (Å²) in [6.07, 6.45) is 0.